The minimum absolute atomic E-state index is 0.00658. The largest absolute Gasteiger partial charge is 0.493 e. The molecule has 0 saturated heterocycles. The fraction of sp³-hybridized carbons (Fsp3) is 0.261. The van der Waals surface area contributed by atoms with Gasteiger partial charge in [-0.3, -0.25) is 9.59 Å². The summed E-state index contributed by atoms with van der Waals surface area (Å²) in [5, 5.41) is 12.6. The van der Waals surface area contributed by atoms with Crippen LogP contribution < -0.4 is 14.8 Å². The molecule has 2 N–H and O–H groups in total. The highest BCUT2D eigenvalue weighted by molar-refractivity contribution is 7.19. The number of thiazole rings is 1. The number of aliphatic carboxylic acids is 1. The summed E-state index contributed by atoms with van der Waals surface area (Å²) in [7, 11) is 1.53. The SMILES string of the molecule is CCNC(=O)COc1ccc(C=C(CCC(=O)O)c2nc3ccccc3s2)cc1OC. The first kappa shape index (κ1) is 22.3. The zero-order valence-corrected chi connectivity index (χ0v) is 18.2. The molecule has 2 aromatic carbocycles. The standard InChI is InChI=1S/C23H24N2O5S/c1-3-24-21(26)14-30-18-10-8-15(13-19(18)29-2)12-16(9-11-22(27)28)23-25-17-6-4-5-7-20(17)31-23/h4-8,10,12-13H,3,9,11,14H2,1-2H3,(H,24,26)(H,27,28). The number of rotatable bonds is 10. The number of carbonyl (C=O) groups is 2. The number of para-hydroxylation sites is 1. The number of allylic oxidation sites excluding steroid dienone is 1. The van der Waals surface area contributed by atoms with E-state index in [1.807, 2.05) is 43.3 Å². The number of likely N-dealkylation sites (N-methyl/N-ethyl adjacent to an activating group) is 1. The third-order valence-electron chi connectivity index (χ3n) is 4.44. The van der Waals surface area contributed by atoms with Crippen molar-refractivity contribution < 1.29 is 24.2 Å². The molecular weight excluding hydrogens is 416 g/mol. The minimum Gasteiger partial charge on any atom is -0.493 e. The van der Waals surface area contributed by atoms with E-state index in [4.69, 9.17) is 14.6 Å². The summed E-state index contributed by atoms with van der Waals surface area (Å²) in [6, 6.07) is 13.2. The van der Waals surface area contributed by atoms with Crippen molar-refractivity contribution in [2.75, 3.05) is 20.3 Å². The number of hydrogen-bond donors (Lipinski definition) is 2. The van der Waals surface area contributed by atoms with Crippen LogP contribution >= 0.6 is 11.3 Å². The van der Waals surface area contributed by atoms with Crippen molar-refractivity contribution in [2.24, 2.45) is 0 Å². The van der Waals surface area contributed by atoms with Crippen LogP contribution in [0.25, 0.3) is 21.9 Å². The van der Waals surface area contributed by atoms with Crippen molar-refractivity contribution in [2.45, 2.75) is 19.8 Å². The summed E-state index contributed by atoms with van der Waals surface area (Å²) in [5.74, 6) is -0.128. The van der Waals surface area contributed by atoms with Crippen molar-refractivity contribution in [1.82, 2.24) is 10.3 Å². The van der Waals surface area contributed by atoms with E-state index < -0.39 is 5.97 Å². The fourth-order valence-electron chi connectivity index (χ4n) is 2.98. The highest BCUT2D eigenvalue weighted by Gasteiger charge is 2.13. The van der Waals surface area contributed by atoms with E-state index in [1.54, 1.807) is 12.1 Å². The van der Waals surface area contributed by atoms with E-state index in [9.17, 15) is 9.59 Å². The number of carboxylic acids is 1. The van der Waals surface area contributed by atoms with E-state index in [0.717, 1.165) is 26.4 Å². The highest BCUT2D eigenvalue weighted by Crippen LogP contribution is 2.33. The number of carbonyl (C=O) groups excluding carboxylic acids is 1. The molecule has 0 aliphatic rings. The average Bonchev–Trinajstić information content (AvgIpc) is 3.19. The molecule has 1 amide bonds. The molecular formula is C23H24N2O5S. The Kier molecular flexibility index (Phi) is 7.61. The van der Waals surface area contributed by atoms with E-state index >= 15 is 0 Å². The van der Waals surface area contributed by atoms with Gasteiger partial charge < -0.3 is 19.9 Å². The zero-order chi connectivity index (χ0) is 22.2. The van der Waals surface area contributed by atoms with E-state index in [2.05, 4.69) is 10.3 Å². The number of fused-ring (bicyclic) bond motifs is 1. The minimum atomic E-state index is -0.862. The van der Waals surface area contributed by atoms with Gasteiger partial charge in [-0.15, -0.1) is 11.3 Å². The van der Waals surface area contributed by atoms with Gasteiger partial charge in [0.05, 0.1) is 17.3 Å². The average molecular weight is 441 g/mol. The number of carboxylic acid groups (broad SMARTS) is 1. The summed E-state index contributed by atoms with van der Waals surface area (Å²) in [6.07, 6.45) is 2.27. The predicted molar refractivity (Wildman–Crippen MR) is 122 cm³/mol. The number of benzene rings is 2. The van der Waals surface area contributed by atoms with E-state index in [-0.39, 0.29) is 18.9 Å². The third-order valence-corrected chi connectivity index (χ3v) is 5.55. The lowest BCUT2D eigenvalue weighted by atomic mass is 10.1. The molecule has 3 rings (SSSR count). The third kappa shape index (κ3) is 6.05. The smallest absolute Gasteiger partial charge is 0.303 e. The van der Waals surface area contributed by atoms with Crippen LogP contribution in [0.1, 0.15) is 30.3 Å². The molecule has 8 heteroatoms. The molecule has 0 fully saturated rings. The van der Waals surface area contributed by atoms with Gasteiger partial charge in [0.25, 0.3) is 5.91 Å². The Bertz CT molecular complexity index is 1070. The second-order valence-electron chi connectivity index (χ2n) is 6.70. The Balaban J connectivity index is 1.89. The van der Waals surface area contributed by atoms with Crippen LogP contribution in [-0.2, 0) is 9.59 Å². The molecule has 0 radical (unpaired) electrons. The summed E-state index contributed by atoms with van der Waals surface area (Å²) >= 11 is 1.53. The maximum Gasteiger partial charge on any atom is 0.303 e. The number of hydrogen-bond acceptors (Lipinski definition) is 6. The number of nitrogens with one attached hydrogen (secondary N) is 1. The number of methoxy groups -OCH3 is 1. The Morgan fingerprint density at radius 2 is 1.97 bits per heavy atom. The topological polar surface area (TPSA) is 97.8 Å². The van der Waals surface area contributed by atoms with Gasteiger partial charge >= 0.3 is 5.97 Å². The first-order valence-corrected chi connectivity index (χ1v) is 10.7. The predicted octanol–water partition coefficient (Wildman–Crippen LogP) is 4.23. The second-order valence-corrected chi connectivity index (χ2v) is 7.73. The molecule has 3 aromatic rings. The number of aromatic nitrogens is 1. The number of ether oxygens (including phenoxy) is 2. The molecule has 0 aliphatic carbocycles. The summed E-state index contributed by atoms with van der Waals surface area (Å²) in [6.45, 7) is 2.27. The maximum atomic E-state index is 11.6. The molecule has 31 heavy (non-hydrogen) atoms. The van der Waals surface area contributed by atoms with E-state index in [1.165, 1.54) is 18.4 Å². The quantitative estimate of drug-likeness (QED) is 0.490. The molecule has 0 unspecified atom stereocenters. The molecule has 0 aliphatic heterocycles. The summed E-state index contributed by atoms with van der Waals surface area (Å²) in [4.78, 5) is 27.5. The summed E-state index contributed by atoms with van der Waals surface area (Å²) in [5.41, 5.74) is 2.54. The van der Waals surface area contributed by atoms with Gasteiger partial charge in [-0.1, -0.05) is 18.2 Å². The van der Waals surface area contributed by atoms with Crippen molar-refractivity contribution >= 4 is 45.1 Å². The molecule has 0 atom stereocenters. The lowest BCUT2D eigenvalue weighted by molar-refractivity contribution is -0.136. The Hall–Kier alpha value is -3.39. The summed E-state index contributed by atoms with van der Waals surface area (Å²) < 4.78 is 12.0. The normalized spacial score (nSPS) is 11.4. The molecule has 162 valence electrons. The van der Waals surface area contributed by atoms with Crippen LogP contribution in [0, 0.1) is 0 Å². The first-order valence-electron chi connectivity index (χ1n) is 9.86. The Morgan fingerprint density at radius 1 is 1.16 bits per heavy atom. The van der Waals surface area contributed by atoms with Crippen molar-refractivity contribution in [1.29, 1.82) is 0 Å². The van der Waals surface area contributed by atoms with Crippen LogP contribution in [0.15, 0.2) is 42.5 Å². The van der Waals surface area contributed by atoms with Crippen LogP contribution in [-0.4, -0.2) is 42.2 Å². The fourth-order valence-corrected chi connectivity index (χ4v) is 3.99. The molecule has 0 spiro atoms. The van der Waals surface area contributed by atoms with E-state index in [0.29, 0.717) is 24.5 Å². The van der Waals surface area contributed by atoms with Gasteiger partial charge in [0.2, 0.25) is 0 Å². The van der Waals surface area contributed by atoms with Crippen LogP contribution in [0.4, 0.5) is 0 Å². The Labute approximate surface area is 184 Å². The molecule has 0 saturated carbocycles. The molecule has 7 nitrogen and oxygen atoms in total. The zero-order valence-electron chi connectivity index (χ0n) is 17.4. The van der Waals surface area contributed by atoms with Crippen molar-refractivity contribution in [3.05, 3.63) is 53.0 Å². The monoisotopic (exact) mass is 440 g/mol. The number of nitrogens with zero attached hydrogens (tertiary/aromatic N) is 1. The highest BCUT2D eigenvalue weighted by atomic mass is 32.1. The van der Waals surface area contributed by atoms with Crippen LogP contribution in [0.5, 0.6) is 11.5 Å². The van der Waals surface area contributed by atoms with Crippen LogP contribution in [0.3, 0.4) is 0 Å². The van der Waals surface area contributed by atoms with Gasteiger partial charge in [-0.25, -0.2) is 4.98 Å². The van der Waals surface area contributed by atoms with Gasteiger partial charge in [0.1, 0.15) is 5.01 Å². The van der Waals surface area contributed by atoms with Crippen LogP contribution in [0.2, 0.25) is 0 Å². The molecule has 1 aromatic heterocycles. The molecule has 1 heterocycles. The second kappa shape index (κ2) is 10.6. The lowest BCUT2D eigenvalue weighted by Crippen LogP contribution is -2.28. The maximum absolute atomic E-state index is 11.6. The number of amides is 1. The molecule has 0 bridgehead atoms. The van der Waals surface area contributed by atoms with Gasteiger partial charge in [-0.2, -0.15) is 0 Å². The van der Waals surface area contributed by atoms with Crippen molar-refractivity contribution in [3.63, 3.8) is 0 Å². The Morgan fingerprint density at radius 3 is 2.68 bits per heavy atom. The lowest BCUT2D eigenvalue weighted by Gasteiger charge is -2.11. The van der Waals surface area contributed by atoms with Gasteiger partial charge in [0.15, 0.2) is 18.1 Å². The van der Waals surface area contributed by atoms with Gasteiger partial charge in [-0.05, 0) is 54.8 Å². The van der Waals surface area contributed by atoms with Gasteiger partial charge in [0, 0.05) is 13.0 Å². The van der Waals surface area contributed by atoms with Crippen molar-refractivity contribution in [3.8, 4) is 11.5 Å². The first-order chi connectivity index (χ1) is 15.0.